The number of benzene rings is 1. The highest BCUT2D eigenvalue weighted by atomic mass is 127. The van der Waals surface area contributed by atoms with E-state index in [2.05, 4.69) is 29.5 Å². The first-order valence-electron chi connectivity index (χ1n) is 6.12. The molecule has 1 heterocycles. The zero-order valence-electron chi connectivity index (χ0n) is 10.6. The molecule has 1 saturated heterocycles. The second-order valence-electron chi connectivity index (χ2n) is 4.76. The number of sulfonamides is 1. The summed E-state index contributed by atoms with van der Waals surface area (Å²) in [7, 11) is -3.17. The Morgan fingerprint density at radius 2 is 1.94 bits per heavy atom. The van der Waals surface area contributed by atoms with Crippen molar-refractivity contribution in [3.63, 3.8) is 0 Å². The predicted octanol–water partition coefficient (Wildman–Crippen LogP) is 2.98. The fraction of sp³-hybridized carbons (Fsp3) is 0.538. The van der Waals surface area contributed by atoms with Gasteiger partial charge < -0.3 is 0 Å². The average molecular weight is 379 g/mol. The van der Waals surface area contributed by atoms with Crippen LogP contribution < -0.4 is 0 Å². The quantitative estimate of drug-likeness (QED) is 0.598. The molecular formula is C13H18INO2S. The van der Waals surface area contributed by atoms with Gasteiger partial charge in [0.2, 0.25) is 10.0 Å². The van der Waals surface area contributed by atoms with Gasteiger partial charge in [-0.1, -0.05) is 59.8 Å². The molecule has 0 aromatic heterocycles. The predicted molar refractivity (Wildman–Crippen MR) is 82.4 cm³/mol. The molecule has 0 unspecified atom stereocenters. The summed E-state index contributed by atoms with van der Waals surface area (Å²) in [6, 6.07) is 10.1. The standard InChI is InChI=1S/C13H18INO2S/c1-3-11-9-12(14)13(15(11)18(2,16)17)10-7-5-4-6-8-10/h4-8,11-13H,3,9H2,1-2H3/t11-,12-,13+/m1/s1. The molecule has 0 amide bonds. The molecule has 0 bridgehead atoms. The second kappa shape index (κ2) is 5.46. The third-order valence-electron chi connectivity index (χ3n) is 3.47. The van der Waals surface area contributed by atoms with E-state index in [0.717, 1.165) is 18.4 Å². The van der Waals surface area contributed by atoms with Crippen molar-refractivity contribution in [2.24, 2.45) is 0 Å². The van der Waals surface area contributed by atoms with Gasteiger partial charge in [0.15, 0.2) is 0 Å². The highest BCUT2D eigenvalue weighted by Crippen LogP contribution is 2.43. The van der Waals surface area contributed by atoms with Crippen molar-refractivity contribution in [2.75, 3.05) is 6.26 Å². The third kappa shape index (κ3) is 2.72. The number of hydrogen-bond donors (Lipinski definition) is 0. The van der Waals surface area contributed by atoms with Crippen LogP contribution in [0.25, 0.3) is 0 Å². The minimum atomic E-state index is -3.17. The van der Waals surface area contributed by atoms with Crippen LogP contribution in [0.2, 0.25) is 0 Å². The first-order valence-corrected chi connectivity index (χ1v) is 9.22. The third-order valence-corrected chi connectivity index (χ3v) is 5.95. The molecule has 5 heteroatoms. The minimum absolute atomic E-state index is 0.0215. The van der Waals surface area contributed by atoms with Gasteiger partial charge >= 0.3 is 0 Å². The van der Waals surface area contributed by atoms with Gasteiger partial charge in [-0.2, -0.15) is 4.31 Å². The van der Waals surface area contributed by atoms with Crippen molar-refractivity contribution in [1.29, 1.82) is 0 Å². The molecule has 100 valence electrons. The lowest BCUT2D eigenvalue weighted by Gasteiger charge is -2.28. The van der Waals surface area contributed by atoms with Crippen LogP contribution in [-0.2, 0) is 10.0 Å². The Morgan fingerprint density at radius 3 is 2.44 bits per heavy atom. The van der Waals surface area contributed by atoms with Crippen LogP contribution in [0.15, 0.2) is 30.3 Å². The van der Waals surface area contributed by atoms with Gasteiger partial charge in [-0.25, -0.2) is 8.42 Å². The lowest BCUT2D eigenvalue weighted by atomic mass is 10.1. The summed E-state index contributed by atoms with van der Waals surface area (Å²) < 4.78 is 26.2. The highest BCUT2D eigenvalue weighted by Gasteiger charge is 2.44. The van der Waals surface area contributed by atoms with Crippen LogP contribution in [0, 0.1) is 0 Å². The fourth-order valence-electron chi connectivity index (χ4n) is 2.71. The largest absolute Gasteiger partial charge is 0.212 e. The number of nitrogens with zero attached hydrogens (tertiary/aromatic N) is 1. The molecule has 0 radical (unpaired) electrons. The summed E-state index contributed by atoms with van der Waals surface area (Å²) in [6.45, 7) is 2.06. The van der Waals surface area contributed by atoms with Crippen molar-refractivity contribution in [1.82, 2.24) is 4.31 Å². The van der Waals surface area contributed by atoms with E-state index in [1.165, 1.54) is 6.26 Å². The van der Waals surface area contributed by atoms with Crippen molar-refractivity contribution >= 4 is 32.6 Å². The minimum Gasteiger partial charge on any atom is -0.212 e. The Morgan fingerprint density at radius 1 is 1.33 bits per heavy atom. The van der Waals surface area contributed by atoms with E-state index in [1.54, 1.807) is 4.31 Å². The lowest BCUT2D eigenvalue weighted by molar-refractivity contribution is 0.324. The van der Waals surface area contributed by atoms with E-state index in [-0.39, 0.29) is 12.1 Å². The van der Waals surface area contributed by atoms with Crippen LogP contribution in [0.1, 0.15) is 31.4 Å². The van der Waals surface area contributed by atoms with Crippen LogP contribution >= 0.6 is 22.6 Å². The van der Waals surface area contributed by atoms with Crippen LogP contribution in [-0.4, -0.2) is 28.9 Å². The Hall–Kier alpha value is -0.140. The topological polar surface area (TPSA) is 37.4 Å². The first kappa shape index (κ1) is 14.3. The first-order chi connectivity index (χ1) is 8.45. The molecule has 0 saturated carbocycles. The van der Waals surface area contributed by atoms with E-state index in [4.69, 9.17) is 0 Å². The van der Waals surface area contributed by atoms with Gasteiger partial charge in [-0.05, 0) is 18.4 Å². The van der Waals surface area contributed by atoms with Crippen molar-refractivity contribution in [2.45, 2.75) is 35.8 Å². The zero-order valence-corrected chi connectivity index (χ0v) is 13.6. The number of hydrogen-bond acceptors (Lipinski definition) is 2. The van der Waals surface area contributed by atoms with E-state index in [1.807, 2.05) is 30.3 Å². The molecule has 0 N–H and O–H groups in total. The van der Waals surface area contributed by atoms with E-state index < -0.39 is 10.0 Å². The molecule has 3 nitrogen and oxygen atoms in total. The van der Waals surface area contributed by atoms with Gasteiger partial charge in [0, 0.05) is 9.97 Å². The molecule has 2 rings (SSSR count). The maximum atomic E-state index is 12.1. The number of halogens is 1. The number of alkyl halides is 1. The van der Waals surface area contributed by atoms with E-state index >= 15 is 0 Å². The Labute approximate surface area is 123 Å². The molecule has 1 aliphatic heterocycles. The molecule has 18 heavy (non-hydrogen) atoms. The van der Waals surface area contributed by atoms with Crippen molar-refractivity contribution < 1.29 is 8.42 Å². The van der Waals surface area contributed by atoms with Gasteiger partial charge in [0.25, 0.3) is 0 Å². The van der Waals surface area contributed by atoms with Gasteiger partial charge in [0.05, 0.1) is 12.3 Å². The zero-order chi connectivity index (χ0) is 13.3. The normalized spacial score (nSPS) is 29.6. The molecule has 1 aliphatic rings. The molecule has 0 aliphatic carbocycles. The maximum Gasteiger partial charge on any atom is 0.212 e. The Kier molecular flexibility index (Phi) is 4.33. The summed E-state index contributed by atoms with van der Waals surface area (Å²) in [5.41, 5.74) is 1.10. The highest BCUT2D eigenvalue weighted by molar-refractivity contribution is 14.1. The smallest absolute Gasteiger partial charge is 0.212 e. The summed E-state index contributed by atoms with van der Waals surface area (Å²) in [4.78, 5) is 0. The van der Waals surface area contributed by atoms with Gasteiger partial charge in [-0.3, -0.25) is 0 Å². The SMILES string of the molecule is CC[C@@H]1C[C@@H](I)[C@H](c2ccccc2)N1S(C)(=O)=O. The Bertz CT molecular complexity index is 503. The van der Waals surface area contributed by atoms with Crippen molar-refractivity contribution in [3.8, 4) is 0 Å². The van der Waals surface area contributed by atoms with Crippen LogP contribution in [0.5, 0.6) is 0 Å². The van der Waals surface area contributed by atoms with E-state index in [9.17, 15) is 8.42 Å². The summed E-state index contributed by atoms with van der Waals surface area (Å²) in [6.07, 6.45) is 3.12. The monoisotopic (exact) mass is 379 g/mol. The van der Waals surface area contributed by atoms with Crippen LogP contribution in [0.4, 0.5) is 0 Å². The summed E-state index contributed by atoms with van der Waals surface area (Å²) in [5.74, 6) is 0. The molecule has 1 aromatic rings. The molecule has 1 aromatic carbocycles. The number of rotatable bonds is 3. The van der Waals surface area contributed by atoms with Gasteiger partial charge in [-0.15, -0.1) is 0 Å². The summed E-state index contributed by atoms with van der Waals surface area (Å²) in [5, 5.41) is 0. The second-order valence-corrected chi connectivity index (χ2v) is 8.25. The average Bonchev–Trinajstić information content (AvgIpc) is 2.67. The Balaban J connectivity index is 2.44. The molecule has 3 atom stereocenters. The molecule has 0 spiro atoms. The molecule has 1 fully saturated rings. The molecular weight excluding hydrogens is 361 g/mol. The van der Waals surface area contributed by atoms with Crippen LogP contribution in [0.3, 0.4) is 0 Å². The van der Waals surface area contributed by atoms with Crippen molar-refractivity contribution in [3.05, 3.63) is 35.9 Å². The van der Waals surface area contributed by atoms with Gasteiger partial charge in [0.1, 0.15) is 0 Å². The lowest BCUT2D eigenvalue weighted by Crippen LogP contribution is -2.36. The maximum absolute atomic E-state index is 12.1. The summed E-state index contributed by atoms with van der Waals surface area (Å²) >= 11 is 2.39. The van der Waals surface area contributed by atoms with E-state index in [0.29, 0.717) is 3.92 Å². The fourth-order valence-corrected chi connectivity index (χ4v) is 5.73.